The number of anilines is 2. The van der Waals surface area contributed by atoms with Gasteiger partial charge in [-0.3, -0.25) is 4.68 Å². The Morgan fingerprint density at radius 2 is 1.94 bits per heavy atom. The van der Waals surface area contributed by atoms with Gasteiger partial charge in [0.1, 0.15) is 17.5 Å². The van der Waals surface area contributed by atoms with Gasteiger partial charge in [0.25, 0.3) is 0 Å². The maximum absolute atomic E-state index is 4.35. The van der Waals surface area contributed by atoms with Gasteiger partial charge in [-0.15, -0.1) is 0 Å². The highest BCUT2D eigenvalue weighted by atomic mass is 15.2. The monoisotopic (exact) mass is 246 g/mol. The summed E-state index contributed by atoms with van der Waals surface area (Å²) in [5, 5.41) is 10.6. The van der Waals surface area contributed by atoms with Crippen molar-refractivity contribution in [1.29, 1.82) is 0 Å². The smallest absolute Gasteiger partial charge is 0.132 e. The van der Waals surface area contributed by atoms with Gasteiger partial charge >= 0.3 is 0 Å². The predicted molar refractivity (Wildman–Crippen MR) is 71.5 cm³/mol. The molecule has 0 atom stereocenters. The second kappa shape index (κ2) is 5.48. The summed E-state index contributed by atoms with van der Waals surface area (Å²) in [4.78, 5) is 8.65. The fourth-order valence-electron chi connectivity index (χ4n) is 1.69. The van der Waals surface area contributed by atoms with E-state index in [0.29, 0.717) is 6.54 Å². The number of nitrogens with one attached hydrogen (secondary N) is 2. The van der Waals surface area contributed by atoms with Crippen molar-refractivity contribution in [2.75, 3.05) is 17.2 Å². The lowest BCUT2D eigenvalue weighted by molar-refractivity contribution is 0.767. The molecular weight excluding hydrogens is 228 g/mol. The molecule has 2 N–H and O–H groups in total. The van der Waals surface area contributed by atoms with Crippen molar-refractivity contribution < 1.29 is 0 Å². The summed E-state index contributed by atoms with van der Waals surface area (Å²) >= 11 is 0. The molecule has 2 rings (SSSR count). The number of hydrogen-bond acceptors (Lipinski definition) is 5. The molecule has 0 unspecified atom stereocenters. The normalized spacial score (nSPS) is 10.4. The molecule has 0 aliphatic rings. The van der Waals surface area contributed by atoms with Gasteiger partial charge in [0.05, 0.1) is 6.20 Å². The molecule has 0 amide bonds. The maximum Gasteiger partial charge on any atom is 0.132 e. The van der Waals surface area contributed by atoms with Crippen molar-refractivity contribution in [1.82, 2.24) is 19.7 Å². The Morgan fingerprint density at radius 1 is 1.22 bits per heavy atom. The zero-order chi connectivity index (χ0) is 13.0. The van der Waals surface area contributed by atoms with Crippen LogP contribution in [0.1, 0.15) is 18.3 Å². The summed E-state index contributed by atoms with van der Waals surface area (Å²) in [5.74, 6) is 2.42. The van der Waals surface area contributed by atoms with Crippen molar-refractivity contribution in [2.45, 2.75) is 20.4 Å². The number of aromatic nitrogens is 4. The Kier molecular flexibility index (Phi) is 3.76. The molecule has 0 radical (unpaired) electrons. The molecule has 18 heavy (non-hydrogen) atoms. The molecule has 0 bridgehead atoms. The topological polar surface area (TPSA) is 67.7 Å². The standard InChI is InChI=1S/C12H18N6/c1-4-13-11-5-12(17-9(2)16-11)14-6-10-7-15-18(3)8-10/h5,7-8H,4,6H2,1-3H3,(H2,13,14,16,17). The van der Waals surface area contributed by atoms with Gasteiger partial charge in [0.2, 0.25) is 0 Å². The van der Waals surface area contributed by atoms with Gasteiger partial charge in [-0.25, -0.2) is 9.97 Å². The number of rotatable bonds is 5. The fourth-order valence-corrected chi connectivity index (χ4v) is 1.69. The average Bonchev–Trinajstić information content (AvgIpc) is 2.72. The number of aryl methyl sites for hydroxylation is 2. The van der Waals surface area contributed by atoms with Crippen LogP contribution in [-0.4, -0.2) is 26.3 Å². The van der Waals surface area contributed by atoms with E-state index in [4.69, 9.17) is 0 Å². The molecule has 96 valence electrons. The molecule has 0 saturated heterocycles. The SMILES string of the molecule is CCNc1cc(NCc2cnn(C)c2)nc(C)n1. The van der Waals surface area contributed by atoms with E-state index in [1.807, 2.05) is 39.4 Å². The van der Waals surface area contributed by atoms with Crippen LogP contribution in [0, 0.1) is 6.92 Å². The van der Waals surface area contributed by atoms with E-state index in [2.05, 4.69) is 25.7 Å². The van der Waals surface area contributed by atoms with E-state index < -0.39 is 0 Å². The lowest BCUT2D eigenvalue weighted by Crippen LogP contribution is -2.06. The molecule has 0 aliphatic heterocycles. The minimum atomic E-state index is 0.704. The van der Waals surface area contributed by atoms with Crippen LogP contribution < -0.4 is 10.6 Å². The predicted octanol–water partition coefficient (Wildman–Crippen LogP) is 1.56. The third-order valence-electron chi connectivity index (χ3n) is 2.43. The first-order valence-corrected chi connectivity index (χ1v) is 5.98. The zero-order valence-corrected chi connectivity index (χ0v) is 10.9. The van der Waals surface area contributed by atoms with Crippen molar-refractivity contribution in [2.24, 2.45) is 7.05 Å². The molecule has 0 spiro atoms. The first-order valence-electron chi connectivity index (χ1n) is 5.98. The van der Waals surface area contributed by atoms with Crippen molar-refractivity contribution in [3.63, 3.8) is 0 Å². The summed E-state index contributed by atoms with van der Waals surface area (Å²) in [6.45, 7) is 5.48. The first kappa shape index (κ1) is 12.3. The molecule has 6 nitrogen and oxygen atoms in total. The average molecular weight is 246 g/mol. The Bertz CT molecular complexity index is 519. The van der Waals surface area contributed by atoms with Gasteiger partial charge in [0, 0.05) is 38.0 Å². The largest absolute Gasteiger partial charge is 0.370 e. The highest BCUT2D eigenvalue weighted by molar-refractivity contribution is 5.47. The van der Waals surface area contributed by atoms with Gasteiger partial charge in [0.15, 0.2) is 0 Å². The lowest BCUT2D eigenvalue weighted by atomic mass is 10.3. The van der Waals surface area contributed by atoms with E-state index >= 15 is 0 Å². The van der Waals surface area contributed by atoms with Gasteiger partial charge < -0.3 is 10.6 Å². The van der Waals surface area contributed by atoms with Crippen LogP contribution in [0.5, 0.6) is 0 Å². The highest BCUT2D eigenvalue weighted by Crippen LogP contribution is 2.12. The molecule has 0 saturated carbocycles. The molecule has 2 aromatic heterocycles. The van der Waals surface area contributed by atoms with Crippen LogP contribution in [0.4, 0.5) is 11.6 Å². The second-order valence-electron chi connectivity index (χ2n) is 4.09. The van der Waals surface area contributed by atoms with Crippen molar-refractivity contribution in [3.05, 3.63) is 29.8 Å². The Labute approximate surface area is 106 Å². The number of nitrogens with zero attached hydrogens (tertiary/aromatic N) is 4. The van der Waals surface area contributed by atoms with Crippen LogP contribution in [0.25, 0.3) is 0 Å². The van der Waals surface area contributed by atoms with Crippen molar-refractivity contribution in [3.8, 4) is 0 Å². The van der Waals surface area contributed by atoms with E-state index in [1.165, 1.54) is 0 Å². The number of hydrogen-bond donors (Lipinski definition) is 2. The lowest BCUT2D eigenvalue weighted by Gasteiger charge is -2.08. The van der Waals surface area contributed by atoms with Crippen LogP contribution in [-0.2, 0) is 13.6 Å². The van der Waals surface area contributed by atoms with Crippen LogP contribution in [0.3, 0.4) is 0 Å². The quantitative estimate of drug-likeness (QED) is 0.838. The van der Waals surface area contributed by atoms with E-state index in [0.717, 1.165) is 29.6 Å². The summed E-state index contributed by atoms with van der Waals surface area (Å²) < 4.78 is 1.78. The van der Waals surface area contributed by atoms with Crippen LogP contribution in [0.15, 0.2) is 18.5 Å². The molecule has 0 fully saturated rings. The Morgan fingerprint density at radius 3 is 2.56 bits per heavy atom. The van der Waals surface area contributed by atoms with E-state index in [9.17, 15) is 0 Å². The molecule has 0 aliphatic carbocycles. The Balaban J connectivity index is 2.04. The van der Waals surface area contributed by atoms with Gasteiger partial charge in [-0.05, 0) is 13.8 Å². The Hall–Kier alpha value is -2.11. The second-order valence-corrected chi connectivity index (χ2v) is 4.09. The summed E-state index contributed by atoms with van der Waals surface area (Å²) in [7, 11) is 1.90. The third-order valence-corrected chi connectivity index (χ3v) is 2.43. The zero-order valence-electron chi connectivity index (χ0n) is 10.9. The minimum Gasteiger partial charge on any atom is -0.370 e. The first-order chi connectivity index (χ1) is 8.67. The third kappa shape index (κ3) is 3.19. The molecular formula is C12H18N6. The fraction of sp³-hybridized carbons (Fsp3) is 0.417. The molecule has 2 heterocycles. The molecule has 2 aromatic rings. The molecule has 6 heteroatoms. The summed E-state index contributed by atoms with van der Waals surface area (Å²) in [6.07, 6.45) is 3.82. The van der Waals surface area contributed by atoms with Crippen molar-refractivity contribution >= 4 is 11.6 Å². The maximum atomic E-state index is 4.35. The van der Waals surface area contributed by atoms with E-state index in [-0.39, 0.29) is 0 Å². The van der Waals surface area contributed by atoms with Gasteiger partial charge in [-0.1, -0.05) is 0 Å². The van der Waals surface area contributed by atoms with E-state index in [1.54, 1.807) is 4.68 Å². The summed E-state index contributed by atoms with van der Waals surface area (Å²) in [5.41, 5.74) is 1.12. The highest BCUT2D eigenvalue weighted by Gasteiger charge is 2.02. The van der Waals surface area contributed by atoms with Crippen LogP contribution in [0.2, 0.25) is 0 Å². The van der Waals surface area contributed by atoms with Crippen LogP contribution >= 0.6 is 0 Å². The summed E-state index contributed by atoms with van der Waals surface area (Å²) in [6, 6.07) is 1.91. The molecule has 0 aromatic carbocycles. The van der Waals surface area contributed by atoms with Gasteiger partial charge in [-0.2, -0.15) is 5.10 Å². The minimum absolute atomic E-state index is 0.704.